The predicted molar refractivity (Wildman–Crippen MR) is 65.8 cm³/mol. The third-order valence-corrected chi connectivity index (χ3v) is 1.67. The van der Waals surface area contributed by atoms with Crippen molar-refractivity contribution in [2.75, 3.05) is 33.7 Å². The zero-order valence-corrected chi connectivity index (χ0v) is 11.3. The minimum Gasteiger partial charge on any atom is -0.459 e. The van der Waals surface area contributed by atoms with Crippen molar-refractivity contribution >= 4 is 12.0 Å². The minimum atomic E-state index is -0.460. The Kier molecular flexibility index (Phi) is 6.57. The van der Waals surface area contributed by atoms with Crippen LogP contribution in [0.1, 0.15) is 20.8 Å². The van der Waals surface area contributed by atoms with Crippen molar-refractivity contribution in [3.63, 3.8) is 0 Å². The van der Waals surface area contributed by atoms with Gasteiger partial charge in [0, 0.05) is 27.2 Å². The van der Waals surface area contributed by atoms with E-state index in [1.54, 1.807) is 14.1 Å². The molecule has 0 aliphatic heterocycles. The molecule has 2 amide bonds. The Morgan fingerprint density at radius 2 is 1.76 bits per heavy atom. The van der Waals surface area contributed by atoms with Gasteiger partial charge in [-0.15, -0.1) is 0 Å². The van der Waals surface area contributed by atoms with E-state index in [4.69, 9.17) is 4.74 Å². The smallest absolute Gasteiger partial charge is 0.320 e. The van der Waals surface area contributed by atoms with Crippen LogP contribution in [0.5, 0.6) is 0 Å². The number of esters is 1. The average Bonchev–Trinajstić information content (AvgIpc) is 2.13. The summed E-state index contributed by atoms with van der Waals surface area (Å²) in [4.78, 5) is 23.9. The summed E-state index contributed by atoms with van der Waals surface area (Å²) >= 11 is 0. The maximum atomic E-state index is 11.3. The number of nitrogens with zero attached hydrogens (tertiary/aromatic N) is 1. The first-order valence-electron chi connectivity index (χ1n) is 5.60. The van der Waals surface area contributed by atoms with Gasteiger partial charge < -0.3 is 20.3 Å². The van der Waals surface area contributed by atoms with Crippen molar-refractivity contribution in [2.24, 2.45) is 0 Å². The number of rotatable bonds is 5. The molecule has 6 heteroatoms. The van der Waals surface area contributed by atoms with Crippen LogP contribution in [0.15, 0.2) is 0 Å². The summed E-state index contributed by atoms with van der Waals surface area (Å²) in [6.07, 6.45) is 0. The second kappa shape index (κ2) is 7.11. The molecule has 0 radical (unpaired) electrons. The molecule has 0 rings (SSSR count). The first-order valence-corrected chi connectivity index (χ1v) is 5.60. The minimum absolute atomic E-state index is 0.148. The van der Waals surface area contributed by atoms with Gasteiger partial charge in [0.25, 0.3) is 0 Å². The molecule has 6 nitrogen and oxygen atoms in total. The Hall–Kier alpha value is -1.30. The van der Waals surface area contributed by atoms with Crippen molar-refractivity contribution < 1.29 is 14.3 Å². The maximum Gasteiger partial charge on any atom is 0.320 e. The zero-order chi connectivity index (χ0) is 13.5. The number of carbonyl (C=O) groups is 2. The van der Waals surface area contributed by atoms with Gasteiger partial charge in [-0.1, -0.05) is 0 Å². The van der Waals surface area contributed by atoms with Crippen molar-refractivity contribution in [3.05, 3.63) is 0 Å². The van der Waals surface area contributed by atoms with Crippen LogP contribution in [0, 0.1) is 0 Å². The molecule has 0 spiro atoms. The van der Waals surface area contributed by atoms with E-state index in [0.29, 0.717) is 13.1 Å². The molecule has 0 fully saturated rings. The summed E-state index contributed by atoms with van der Waals surface area (Å²) in [6, 6.07) is -0.149. The van der Waals surface area contributed by atoms with E-state index >= 15 is 0 Å². The second-order valence-electron chi connectivity index (χ2n) is 4.89. The Bertz CT molecular complexity index is 259. The summed E-state index contributed by atoms with van der Waals surface area (Å²) < 4.78 is 5.11. The van der Waals surface area contributed by atoms with Crippen LogP contribution in [-0.2, 0) is 9.53 Å². The number of ether oxygens (including phenoxy) is 1. The van der Waals surface area contributed by atoms with E-state index in [2.05, 4.69) is 10.6 Å². The average molecular weight is 245 g/mol. The summed E-state index contributed by atoms with van der Waals surface area (Å²) in [5.41, 5.74) is -0.460. The molecule has 0 bridgehead atoms. The van der Waals surface area contributed by atoms with E-state index in [1.165, 1.54) is 4.90 Å². The van der Waals surface area contributed by atoms with Crippen molar-refractivity contribution in [3.8, 4) is 0 Å². The molecule has 2 N–H and O–H groups in total. The van der Waals surface area contributed by atoms with Gasteiger partial charge >= 0.3 is 12.0 Å². The first kappa shape index (κ1) is 15.7. The fourth-order valence-electron chi connectivity index (χ4n) is 0.984. The lowest BCUT2D eigenvalue weighted by Gasteiger charge is -2.19. The van der Waals surface area contributed by atoms with E-state index in [-0.39, 0.29) is 18.5 Å². The van der Waals surface area contributed by atoms with Crippen LogP contribution in [0.25, 0.3) is 0 Å². The van der Waals surface area contributed by atoms with Gasteiger partial charge in [-0.25, -0.2) is 4.79 Å². The van der Waals surface area contributed by atoms with E-state index in [0.717, 1.165) is 0 Å². The molecule has 0 atom stereocenters. The molecular formula is C11H23N3O3. The Balaban J connectivity index is 3.53. The summed E-state index contributed by atoms with van der Waals surface area (Å²) in [5, 5.41) is 5.57. The van der Waals surface area contributed by atoms with Gasteiger partial charge in [-0.2, -0.15) is 0 Å². The third-order valence-electron chi connectivity index (χ3n) is 1.67. The fourth-order valence-corrected chi connectivity index (χ4v) is 0.984. The topological polar surface area (TPSA) is 70.7 Å². The monoisotopic (exact) mass is 245 g/mol. The third kappa shape index (κ3) is 9.62. The molecule has 0 unspecified atom stereocenters. The quantitative estimate of drug-likeness (QED) is 0.536. The molecule has 100 valence electrons. The second-order valence-corrected chi connectivity index (χ2v) is 4.89. The number of nitrogens with one attached hydrogen (secondary N) is 2. The predicted octanol–water partition coefficient (Wildman–Crippen LogP) is 0.189. The van der Waals surface area contributed by atoms with Gasteiger partial charge in [0.1, 0.15) is 5.60 Å². The fraction of sp³-hybridized carbons (Fsp3) is 0.818. The van der Waals surface area contributed by atoms with Crippen LogP contribution in [0.4, 0.5) is 4.79 Å². The van der Waals surface area contributed by atoms with Crippen LogP contribution in [-0.4, -0.2) is 56.2 Å². The molecule has 0 aromatic rings. The lowest BCUT2D eigenvalue weighted by Crippen LogP contribution is -2.40. The number of urea groups is 1. The molecule has 0 aromatic carbocycles. The normalized spacial score (nSPS) is 10.9. The number of hydrogen-bond donors (Lipinski definition) is 2. The summed E-state index contributed by atoms with van der Waals surface area (Å²) in [5.74, 6) is -0.295. The van der Waals surface area contributed by atoms with Crippen molar-refractivity contribution in [1.82, 2.24) is 15.5 Å². The standard InChI is InChI=1S/C11H23N3O3/c1-11(2,3)17-9(15)8-12-6-7-13-10(16)14(4)5/h12H,6-8H2,1-5H3,(H,13,16). The highest BCUT2D eigenvalue weighted by molar-refractivity contribution is 5.73. The highest BCUT2D eigenvalue weighted by Crippen LogP contribution is 2.05. The molecule has 0 aliphatic rings. The molecule has 17 heavy (non-hydrogen) atoms. The van der Waals surface area contributed by atoms with Gasteiger partial charge in [0.05, 0.1) is 6.54 Å². The first-order chi connectivity index (χ1) is 7.72. The van der Waals surface area contributed by atoms with Gasteiger partial charge in [-0.3, -0.25) is 4.79 Å². The Labute approximate surface area is 103 Å². The lowest BCUT2D eigenvalue weighted by atomic mass is 10.2. The highest BCUT2D eigenvalue weighted by atomic mass is 16.6. The van der Waals surface area contributed by atoms with Crippen LogP contribution in [0.3, 0.4) is 0 Å². The van der Waals surface area contributed by atoms with Crippen LogP contribution < -0.4 is 10.6 Å². The molecule has 0 heterocycles. The largest absolute Gasteiger partial charge is 0.459 e. The van der Waals surface area contributed by atoms with E-state index in [1.807, 2.05) is 20.8 Å². The van der Waals surface area contributed by atoms with Crippen molar-refractivity contribution in [1.29, 1.82) is 0 Å². The molecule has 0 aliphatic carbocycles. The Morgan fingerprint density at radius 1 is 1.18 bits per heavy atom. The molecule has 0 aromatic heterocycles. The summed E-state index contributed by atoms with van der Waals surface area (Å²) in [7, 11) is 3.34. The number of carbonyl (C=O) groups excluding carboxylic acids is 2. The maximum absolute atomic E-state index is 11.3. The van der Waals surface area contributed by atoms with E-state index in [9.17, 15) is 9.59 Å². The number of hydrogen-bond acceptors (Lipinski definition) is 4. The zero-order valence-electron chi connectivity index (χ0n) is 11.3. The summed E-state index contributed by atoms with van der Waals surface area (Å²) in [6.45, 7) is 6.61. The van der Waals surface area contributed by atoms with Crippen LogP contribution >= 0.6 is 0 Å². The number of amides is 2. The molecule has 0 saturated heterocycles. The van der Waals surface area contributed by atoms with Crippen LogP contribution in [0.2, 0.25) is 0 Å². The van der Waals surface area contributed by atoms with Gasteiger partial charge in [0.2, 0.25) is 0 Å². The molecular weight excluding hydrogens is 222 g/mol. The molecule has 0 saturated carbocycles. The highest BCUT2D eigenvalue weighted by Gasteiger charge is 2.15. The lowest BCUT2D eigenvalue weighted by molar-refractivity contribution is -0.153. The van der Waals surface area contributed by atoms with Crippen molar-refractivity contribution in [2.45, 2.75) is 26.4 Å². The Morgan fingerprint density at radius 3 is 2.24 bits per heavy atom. The van der Waals surface area contributed by atoms with E-state index < -0.39 is 5.60 Å². The van der Waals surface area contributed by atoms with Gasteiger partial charge in [0.15, 0.2) is 0 Å². The SMILES string of the molecule is CN(C)C(=O)NCCNCC(=O)OC(C)(C)C. The van der Waals surface area contributed by atoms with Gasteiger partial charge in [-0.05, 0) is 20.8 Å².